The predicted octanol–water partition coefficient (Wildman–Crippen LogP) is 2.25. The average molecular weight is 292 g/mol. The van der Waals surface area contributed by atoms with Gasteiger partial charge in [0.05, 0.1) is 25.0 Å². The van der Waals surface area contributed by atoms with Gasteiger partial charge < -0.3 is 15.4 Å². The number of hydrogen-bond acceptors (Lipinski definition) is 4. The summed E-state index contributed by atoms with van der Waals surface area (Å²) in [7, 11) is 1.73. The summed E-state index contributed by atoms with van der Waals surface area (Å²) in [5, 5.41) is 11.8. The first-order valence-corrected chi connectivity index (χ1v) is 8.38. The number of rotatable bonds is 6. The largest absolute Gasteiger partial charge is 0.383 e. The van der Waals surface area contributed by atoms with E-state index in [-0.39, 0.29) is 0 Å². The van der Waals surface area contributed by atoms with Crippen LogP contribution >= 0.6 is 0 Å². The molecule has 0 amide bonds. The Bertz CT molecular complexity index is 428. The molecule has 2 fully saturated rings. The first-order chi connectivity index (χ1) is 10.4. The molecule has 0 bridgehead atoms. The van der Waals surface area contributed by atoms with Gasteiger partial charge in [-0.2, -0.15) is 5.10 Å². The molecular weight excluding hydrogens is 264 g/mol. The van der Waals surface area contributed by atoms with Crippen LogP contribution in [-0.2, 0) is 11.3 Å². The fourth-order valence-corrected chi connectivity index (χ4v) is 3.85. The van der Waals surface area contributed by atoms with Gasteiger partial charge >= 0.3 is 0 Å². The van der Waals surface area contributed by atoms with Crippen molar-refractivity contribution in [3.05, 3.63) is 12.4 Å². The number of piperidine rings is 1. The third-order valence-electron chi connectivity index (χ3n) is 4.94. The van der Waals surface area contributed by atoms with Crippen LogP contribution in [0.15, 0.2) is 12.4 Å². The molecule has 3 atom stereocenters. The van der Waals surface area contributed by atoms with Gasteiger partial charge in [-0.15, -0.1) is 0 Å². The maximum Gasteiger partial charge on any atom is 0.0728 e. The van der Waals surface area contributed by atoms with E-state index in [0.29, 0.717) is 18.7 Å². The third kappa shape index (κ3) is 3.77. The van der Waals surface area contributed by atoms with E-state index >= 15 is 0 Å². The summed E-state index contributed by atoms with van der Waals surface area (Å²) in [6.45, 7) is 2.72. The van der Waals surface area contributed by atoms with Crippen LogP contribution in [-0.4, -0.2) is 42.1 Å². The predicted molar refractivity (Wildman–Crippen MR) is 84.5 cm³/mol. The first-order valence-electron chi connectivity index (χ1n) is 8.38. The molecular formula is C16H28N4O. The van der Waals surface area contributed by atoms with Crippen molar-refractivity contribution >= 4 is 5.69 Å². The van der Waals surface area contributed by atoms with E-state index in [2.05, 4.69) is 21.9 Å². The Morgan fingerprint density at radius 1 is 1.33 bits per heavy atom. The van der Waals surface area contributed by atoms with E-state index in [1.165, 1.54) is 45.1 Å². The molecule has 0 aromatic carbocycles. The van der Waals surface area contributed by atoms with Crippen LogP contribution in [0, 0.1) is 5.92 Å². The van der Waals surface area contributed by atoms with Crippen molar-refractivity contribution in [2.45, 2.75) is 57.2 Å². The molecule has 5 heteroatoms. The summed E-state index contributed by atoms with van der Waals surface area (Å²) in [5.41, 5.74) is 1.15. The fraction of sp³-hybridized carbons (Fsp3) is 0.812. The monoisotopic (exact) mass is 292 g/mol. The average Bonchev–Trinajstić information content (AvgIpc) is 3.16. The van der Waals surface area contributed by atoms with Crippen LogP contribution in [0.3, 0.4) is 0 Å². The maximum absolute atomic E-state index is 5.10. The fourth-order valence-electron chi connectivity index (χ4n) is 3.85. The smallest absolute Gasteiger partial charge is 0.0728 e. The van der Waals surface area contributed by atoms with E-state index < -0.39 is 0 Å². The van der Waals surface area contributed by atoms with Gasteiger partial charge in [0.15, 0.2) is 0 Å². The Morgan fingerprint density at radius 2 is 2.29 bits per heavy atom. The molecule has 5 nitrogen and oxygen atoms in total. The van der Waals surface area contributed by atoms with Crippen LogP contribution in [0.25, 0.3) is 0 Å². The van der Waals surface area contributed by atoms with Gasteiger partial charge in [0.1, 0.15) is 0 Å². The van der Waals surface area contributed by atoms with E-state index in [0.717, 1.165) is 18.2 Å². The standard InChI is InChI=1S/C16H28N4O/c1-21-10-9-20-12-13(11-18-20)19-16-7-4-5-14(16)15-6-2-3-8-17-15/h11-12,14-17,19H,2-10H2,1H3. The number of nitrogens with one attached hydrogen (secondary N) is 2. The Labute approximate surface area is 127 Å². The zero-order chi connectivity index (χ0) is 14.5. The Kier molecular flexibility index (Phi) is 5.14. The summed E-state index contributed by atoms with van der Waals surface area (Å²) in [6.07, 6.45) is 12.1. The van der Waals surface area contributed by atoms with Gasteiger partial charge in [0.25, 0.3) is 0 Å². The molecule has 3 rings (SSSR count). The second kappa shape index (κ2) is 7.27. The molecule has 1 saturated heterocycles. The van der Waals surface area contributed by atoms with Crippen molar-refractivity contribution < 1.29 is 4.74 Å². The lowest BCUT2D eigenvalue weighted by Crippen LogP contribution is -2.44. The summed E-state index contributed by atoms with van der Waals surface area (Å²) >= 11 is 0. The molecule has 1 aliphatic carbocycles. The molecule has 1 aromatic heterocycles. The second-order valence-electron chi connectivity index (χ2n) is 6.39. The van der Waals surface area contributed by atoms with Crippen molar-refractivity contribution in [3.63, 3.8) is 0 Å². The van der Waals surface area contributed by atoms with E-state index in [4.69, 9.17) is 4.74 Å². The number of methoxy groups -OCH3 is 1. The highest BCUT2D eigenvalue weighted by molar-refractivity contribution is 5.40. The lowest BCUT2D eigenvalue weighted by molar-refractivity contribution is 0.183. The molecule has 2 heterocycles. The lowest BCUT2D eigenvalue weighted by Gasteiger charge is -2.33. The van der Waals surface area contributed by atoms with Crippen LogP contribution in [0.5, 0.6) is 0 Å². The SMILES string of the molecule is COCCn1cc(NC2CCCC2C2CCCCN2)cn1. The highest BCUT2D eigenvalue weighted by Crippen LogP contribution is 2.33. The molecule has 21 heavy (non-hydrogen) atoms. The number of aromatic nitrogens is 2. The number of hydrogen-bond donors (Lipinski definition) is 2. The summed E-state index contributed by atoms with van der Waals surface area (Å²) in [6, 6.07) is 1.31. The summed E-state index contributed by atoms with van der Waals surface area (Å²) in [5.74, 6) is 0.771. The Hall–Kier alpha value is -1.07. The minimum atomic E-state index is 0.598. The molecule has 1 aromatic rings. The van der Waals surface area contributed by atoms with Crippen molar-refractivity contribution in [1.29, 1.82) is 0 Å². The van der Waals surface area contributed by atoms with Crippen molar-refractivity contribution in [2.75, 3.05) is 25.6 Å². The van der Waals surface area contributed by atoms with Crippen LogP contribution in [0.4, 0.5) is 5.69 Å². The second-order valence-corrected chi connectivity index (χ2v) is 6.39. The molecule has 2 N–H and O–H groups in total. The van der Waals surface area contributed by atoms with Gasteiger partial charge in [0, 0.05) is 25.4 Å². The van der Waals surface area contributed by atoms with Crippen LogP contribution < -0.4 is 10.6 Å². The van der Waals surface area contributed by atoms with Gasteiger partial charge in [-0.05, 0) is 38.1 Å². The highest BCUT2D eigenvalue weighted by Gasteiger charge is 2.34. The van der Waals surface area contributed by atoms with Gasteiger partial charge in [0.2, 0.25) is 0 Å². The van der Waals surface area contributed by atoms with Gasteiger partial charge in [-0.3, -0.25) is 4.68 Å². The number of ether oxygens (including phenoxy) is 1. The van der Waals surface area contributed by atoms with Crippen LogP contribution in [0.2, 0.25) is 0 Å². The number of nitrogens with zero attached hydrogens (tertiary/aromatic N) is 2. The number of anilines is 1. The van der Waals surface area contributed by atoms with E-state index in [1.807, 2.05) is 10.9 Å². The maximum atomic E-state index is 5.10. The Balaban J connectivity index is 1.56. The minimum Gasteiger partial charge on any atom is -0.383 e. The van der Waals surface area contributed by atoms with Crippen molar-refractivity contribution in [1.82, 2.24) is 15.1 Å². The summed E-state index contributed by atoms with van der Waals surface area (Å²) < 4.78 is 7.05. The highest BCUT2D eigenvalue weighted by atomic mass is 16.5. The topological polar surface area (TPSA) is 51.1 Å². The first kappa shape index (κ1) is 14.9. The van der Waals surface area contributed by atoms with Gasteiger partial charge in [-0.25, -0.2) is 0 Å². The molecule has 1 aliphatic heterocycles. The molecule has 3 unspecified atom stereocenters. The van der Waals surface area contributed by atoms with E-state index in [1.54, 1.807) is 7.11 Å². The van der Waals surface area contributed by atoms with Crippen LogP contribution in [0.1, 0.15) is 38.5 Å². The molecule has 2 aliphatic rings. The zero-order valence-electron chi connectivity index (χ0n) is 13.1. The molecule has 0 spiro atoms. The zero-order valence-corrected chi connectivity index (χ0v) is 13.1. The normalized spacial score (nSPS) is 29.7. The molecule has 0 radical (unpaired) electrons. The summed E-state index contributed by atoms with van der Waals surface area (Å²) in [4.78, 5) is 0. The third-order valence-corrected chi connectivity index (χ3v) is 4.94. The molecule has 1 saturated carbocycles. The quantitative estimate of drug-likeness (QED) is 0.844. The van der Waals surface area contributed by atoms with Crippen molar-refractivity contribution in [2.24, 2.45) is 5.92 Å². The lowest BCUT2D eigenvalue weighted by atomic mass is 9.88. The minimum absolute atomic E-state index is 0.598. The van der Waals surface area contributed by atoms with Crippen molar-refractivity contribution in [3.8, 4) is 0 Å². The molecule has 118 valence electrons. The van der Waals surface area contributed by atoms with Gasteiger partial charge in [-0.1, -0.05) is 12.8 Å². The van der Waals surface area contributed by atoms with E-state index in [9.17, 15) is 0 Å². The Morgan fingerprint density at radius 3 is 3.10 bits per heavy atom.